The monoisotopic (exact) mass is 319 g/mol. The number of para-hydroxylation sites is 1. The molecule has 1 aromatic heterocycles. The predicted octanol–water partition coefficient (Wildman–Crippen LogP) is 4.86. The molecule has 3 rings (SSSR count). The van der Waals surface area contributed by atoms with Crippen molar-refractivity contribution in [3.05, 3.63) is 63.3 Å². The number of hydrogen-bond acceptors (Lipinski definition) is 3. The smallest absolute Gasteiger partial charge is 0.228 e. The maximum atomic E-state index is 12.5. The van der Waals surface area contributed by atoms with E-state index in [2.05, 4.69) is 0 Å². The molecule has 0 spiro atoms. The molecule has 0 fully saturated rings. The second kappa shape index (κ2) is 5.10. The Balaban J connectivity index is 2.10. The zero-order valence-electron chi connectivity index (χ0n) is 11.1. The molecule has 0 radical (unpaired) electrons. The van der Waals surface area contributed by atoms with E-state index in [-0.39, 0.29) is 27.3 Å². The normalized spacial score (nSPS) is 11.0. The second-order valence-electron chi connectivity index (χ2n) is 4.79. The summed E-state index contributed by atoms with van der Waals surface area (Å²) in [6.45, 7) is 1.93. The van der Waals surface area contributed by atoms with Crippen molar-refractivity contribution in [1.82, 2.24) is 0 Å². The van der Waals surface area contributed by atoms with Crippen molar-refractivity contribution in [2.75, 3.05) is 5.73 Å². The molecule has 1 heterocycles. The van der Waals surface area contributed by atoms with Crippen LogP contribution in [0.15, 0.2) is 40.8 Å². The van der Waals surface area contributed by atoms with E-state index in [0.29, 0.717) is 11.1 Å². The number of anilines is 1. The zero-order valence-corrected chi connectivity index (χ0v) is 12.6. The standard InChI is InChI=1S/C16H11Cl2NO2/c1-8-3-2-4-9-7-13(21-16(8)9)15(20)10-5-11(17)14(19)12(18)6-10/h2-7H,19H2,1H3. The molecule has 21 heavy (non-hydrogen) atoms. The van der Waals surface area contributed by atoms with Crippen molar-refractivity contribution in [3.8, 4) is 0 Å². The maximum absolute atomic E-state index is 12.5. The molecular formula is C16H11Cl2NO2. The molecule has 2 aromatic carbocycles. The lowest BCUT2D eigenvalue weighted by Gasteiger charge is -2.04. The topological polar surface area (TPSA) is 56.2 Å². The summed E-state index contributed by atoms with van der Waals surface area (Å²) in [6, 6.07) is 10.4. The van der Waals surface area contributed by atoms with Gasteiger partial charge in [-0.2, -0.15) is 0 Å². The highest BCUT2D eigenvalue weighted by Crippen LogP contribution is 2.31. The maximum Gasteiger partial charge on any atom is 0.228 e. The fourth-order valence-corrected chi connectivity index (χ4v) is 2.67. The third kappa shape index (κ3) is 2.39. The number of halogens is 2. The molecule has 0 aliphatic carbocycles. The molecule has 0 unspecified atom stereocenters. The number of benzene rings is 2. The third-order valence-electron chi connectivity index (χ3n) is 3.31. The van der Waals surface area contributed by atoms with E-state index in [4.69, 9.17) is 33.4 Å². The van der Waals surface area contributed by atoms with E-state index >= 15 is 0 Å². The van der Waals surface area contributed by atoms with Gasteiger partial charge in [-0.05, 0) is 30.7 Å². The number of carbonyl (C=O) groups is 1. The summed E-state index contributed by atoms with van der Waals surface area (Å²) in [5.74, 6) is -0.0365. The number of hydrogen-bond donors (Lipinski definition) is 1. The molecule has 2 N–H and O–H groups in total. The highest BCUT2D eigenvalue weighted by Gasteiger charge is 2.17. The Morgan fingerprint density at radius 3 is 2.43 bits per heavy atom. The van der Waals surface area contributed by atoms with E-state index in [1.165, 1.54) is 12.1 Å². The van der Waals surface area contributed by atoms with Crippen LogP contribution >= 0.6 is 23.2 Å². The van der Waals surface area contributed by atoms with Gasteiger partial charge in [0.15, 0.2) is 5.76 Å². The van der Waals surface area contributed by atoms with Crippen molar-refractivity contribution in [2.24, 2.45) is 0 Å². The lowest BCUT2D eigenvalue weighted by molar-refractivity contribution is 0.101. The summed E-state index contributed by atoms with van der Waals surface area (Å²) in [5, 5.41) is 1.38. The minimum Gasteiger partial charge on any atom is -0.452 e. The number of rotatable bonds is 2. The van der Waals surface area contributed by atoms with Gasteiger partial charge in [0.05, 0.1) is 15.7 Å². The first kappa shape index (κ1) is 14.0. The molecule has 3 nitrogen and oxygen atoms in total. The molecule has 5 heteroatoms. The SMILES string of the molecule is Cc1cccc2cc(C(=O)c3cc(Cl)c(N)c(Cl)c3)oc12. The van der Waals surface area contributed by atoms with Gasteiger partial charge in [-0.3, -0.25) is 4.79 Å². The van der Waals surface area contributed by atoms with Gasteiger partial charge in [-0.25, -0.2) is 0 Å². The van der Waals surface area contributed by atoms with Crippen LogP contribution in [-0.2, 0) is 0 Å². The van der Waals surface area contributed by atoms with Gasteiger partial charge in [-0.15, -0.1) is 0 Å². The van der Waals surface area contributed by atoms with Crippen molar-refractivity contribution < 1.29 is 9.21 Å². The number of aryl methyl sites for hydroxylation is 1. The summed E-state index contributed by atoms with van der Waals surface area (Å²) >= 11 is 11.9. The van der Waals surface area contributed by atoms with Crippen LogP contribution in [0, 0.1) is 6.92 Å². The van der Waals surface area contributed by atoms with Crippen LogP contribution in [0.5, 0.6) is 0 Å². The Morgan fingerprint density at radius 1 is 1.14 bits per heavy atom. The lowest BCUT2D eigenvalue weighted by atomic mass is 10.1. The van der Waals surface area contributed by atoms with Gasteiger partial charge in [0.1, 0.15) is 5.58 Å². The minimum atomic E-state index is -0.283. The Labute approximate surface area is 131 Å². The van der Waals surface area contributed by atoms with Crippen LogP contribution in [0.2, 0.25) is 10.0 Å². The molecule has 3 aromatic rings. The van der Waals surface area contributed by atoms with Crippen molar-refractivity contribution >= 4 is 45.6 Å². The van der Waals surface area contributed by atoms with Gasteiger partial charge in [0.2, 0.25) is 5.78 Å². The largest absolute Gasteiger partial charge is 0.452 e. The number of nitrogens with two attached hydrogens (primary N) is 1. The van der Waals surface area contributed by atoms with Crippen molar-refractivity contribution in [2.45, 2.75) is 6.92 Å². The number of nitrogen functional groups attached to an aromatic ring is 1. The van der Waals surface area contributed by atoms with Crippen LogP contribution in [0.4, 0.5) is 5.69 Å². The van der Waals surface area contributed by atoms with Crippen LogP contribution in [0.3, 0.4) is 0 Å². The Hall–Kier alpha value is -1.97. The number of furan rings is 1. The first-order valence-electron chi connectivity index (χ1n) is 6.26. The summed E-state index contributed by atoms with van der Waals surface area (Å²) in [7, 11) is 0. The first-order valence-corrected chi connectivity index (χ1v) is 7.01. The lowest BCUT2D eigenvalue weighted by Crippen LogP contribution is -2.01. The van der Waals surface area contributed by atoms with Gasteiger partial charge >= 0.3 is 0 Å². The molecule has 106 valence electrons. The molecule has 0 bridgehead atoms. The highest BCUT2D eigenvalue weighted by atomic mass is 35.5. The Kier molecular flexibility index (Phi) is 3.40. The average Bonchev–Trinajstić information content (AvgIpc) is 2.89. The summed E-state index contributed by atoms with van der Waals surface area (Å²) in [5.41, 5.74) is 7.95. The predicted molar refractivity (Wildman–Crippen MR) is 85.3 cm³/mol. The van der Waals surface area contributed by atoms with Crippen molar-refractivity contribution in [3.63, 3.8) is 0 Å². The molecule has 0 atom stereocenters. The fourth-order valence-electron chi connectivity index (χ4n) is 2.18. The van der Waals surface area contributed by atoms with E-state index in [0.717, 1.165) is 10.9 Å². The van der Waals surface area contributed by atoms with Crippen LogP contribution in [0.1, 0.15) is 21.7 Å². The average molecular weight is 320 g/mol. The molecule has 0 aliphatic rings. The van der Waals surface area contributed by atoms with Crippen LogP contribution < -0.4 is 5.73 Å². The second-order valence-corrected chi connectivity index (χ2v) is 5.60. The van der Waals surface area contributed by atoms with E-state index in [1.807, 2.05) is 25.1 Å². The van der Waals surface area contributed by atoms with Gasteiger partial charge in [0, 0.05) is 10.9 Å². The molecule has 0 saturated heterocycles. The van der Waals surface area contributed by atoms with Gasteiger partial charge in [-0.1, -0.05) is 41.4 Å². The van der Waals surface area contributed by atoms with E-state index < -0.39 is 0 Å². The summed E-state index contributed by atoms with van der Waals surface area (Å²) < 4.78 is 5.66. The zero-order chi connectivity index (χ0) is 15.1. The van der Waals surface area contributed by atoms with Crippen LogP contribution in [-0.4, -0.2) is 5.78 Å². The third-order valence-corrected chi connectivity index (χ3v) is 3.93. The number of fused-ring (bicyclic) bond motifs is 1. The summed E-state index contributed by atoms with van der Waals surface area (Å²) in [6.07, 6.45) is 0. The quantitative estimate of drug-likeness (QED) is 0.542. The molecule has 0 aliphatic heterocycles. The van der Waals surface area contributed by atoms with Gasteiger partial charge < -0.3 is 10.2 Å². The molecule has 0 saturated carbocycles. The number of carbonyl (C=O) groups excluding carboxylic acids is 1. The van der Waals surface area contributed by atoms with Crippen LogP contribution in [0.25, 0.3) is 11.0 Å². The summed E-state index contributed by atoms with van der Waals surface area (Å²) in [4.78, 5) is 12.5. The first-order chi connectivity index (χ1) is 9.97. The molecular weight excluding hydrogens is 309 g/mol. The number of ketones is 1. The Bertz CT molecular complexity index is 845. The van der Waals surface area contributed by atoms with Gasteiger partial charge in [0.25, 0.3) is 0 Å². The van der Waals surface area contributed by atoms with E-state index in [9.17, 15) is 4.79 Å². The van der Waals surface area contributed by atoms with E-state index in [1.54, 1.807) is 6.07 Å². The fraction of sp³-hybridized carbons (Fsp3) is 0.0625. The van der Waals surface area contributed by atoms with Crippen molar-refractivity contribution in [1.29, 1.82) is 0 Å². The minimum absolute atomic E-state index is 0.246. The molecule has 0 amide bonds. The highest BCUT2D eigenvalue weighted by molar-refractivity contribution is 6.39. The Morgan fingerprint density at radius 2 is 1.81 bits per heavy atom.